The van der Waals surface area contributed by atoms with Crippen molar-refractivity contribution in [2.24, 2.45) is 0 Å². The van der Waals surface area contributed by atoms with Gasteiger partial charge in [0, 0.05) is 24.4 Å². The molecule has 4 rings (SSSR count). The zero-order valence-corrected chi connectivity index (χ0v) is 17.0. The maximum Gasteiger partial charge on any atom is 0.198 e. The maximum atomic E-state index is 11.6. The van der Waals surface area contributed by atoms with Gasteiger partial charge in [0.25, 0.3) is 0 Å². The molecule has 1 unspecified atom stereocenters. The van der Waals surface area contributed by atoms with E-state index in [4.69, 9.17) is 4.74 Å². The zero-order chi connectivity index (χ0) is 18.8. The number of carbonyl (C=O) groups excluding carboxylic acids is 1. The van der Waals surface area contributed by atoms with Crippen LogP contribution in [0.4, 0.5) is 0 Å². The Balaban J connectivity index is 1.38. The van der Waals surface area contributed by atoms with E-state index in [1.54, 1.807) is 7.11 Å². The summed E-state index contributed by atoms with van der Waals surface area (Å²) >= 11 is 1.40. The highest BCUT2D eigenvalue weighted by molar-refractivity contribution is 8.14. The fourth-order valence-electron chi connectivity index (χ4n) is 4.39. The number of thioether (sulfide) groups is 1. The van der Waals surface area contributed by atoms with E-state index in [2.05, 4.69) is 48.3 Å². The lowest BCUT2D eigenvalue weighted by atomic mass is 9.82. The van der Waals surface area contributed by atoms with Crippen molar-refractivity contribution in [2.45, 2.75) is 42.9 Å². The largest absolute Gasteiger partial charge is 0.496 e. The summed E-state index contributed by atoms with van der Waals surface area (Å²) in [7, 11) is 3.99. The smallest absolute Gasteiger partial charge is 0.198 e. The summed E-state index contributed by atoms with van der Waals surface area (Å²) in [4.78, 5) is 15.2. The van der Waals surface area contributed by atoms with Crippen molar-refractivity contribution in [3.05, 3.63) is 58.7 Å². The minimum absolute atomic E-state index is 0.269. The summed E-state index contributed by atoms with van der Waals surface area (Å²) in [5, 5.41) is 0.269. The normalized spacial score (nSPS) is 18.5. The van der Waals surface area contributed by atoms with E-state index in [-0.39, 0.29) is 5.12 Å². The summed E-state index contributed by atoms with van der Waals surface area (Å²) in [5.74, 6) is 1.63. The molecule has 0 fully saturated rings. The van der Waals surface area contributed by atoms with Crippen LogP contribution >= 0.6 is 11.8 Å². The van der Waals surface area contributed by atoms with Gasteiger partial charge >= 0.3 is 0 Å². The molecule has 0 bridgehead atoms. The fourth-order valence-corrected chi connectivity index (χ4v) is 5.35. The van der Waals surface area contributed by atoms with Gasteiger partial charge in [-0.2, -0.15) is 0 Å². The van der Waals surface area contributed by atoms with E-state index >= 15 is 0 Å². The second-order valence-corrected chi connectivity index (χ2v) is 8.82. The van der Waals surface area contributed by atoms with Crippen LogP contribution in [-0.2, 0) is 24.1 Å². The molecule has 0 amide bonds. The van der Waals surface area contributed by atoms with Gasteiger partial charge in [-0.25, -0.2) is 0 Å². The number of nitrogens with zero attached hydrogens (tertiary/aromatic N) is 1. The predicted molar refractivity (Wildman–Crippen MR) is 111 cm³/mol. The van der Waals surface area contributed by atoms with Gasteiger partial charge in [-0.1, -0.05) is 36.0 Å². The van der Waals surface area contributed by atoms with Crippen LogP contribution in [0.1, 0.15) is 41.0 Å². The maximum absolute atomic E-state index is 11.6. The summed E-state index contributed by atoms with van der Waals surface area (Å²) in [6.07, 6.45) is 5.23. The molecular formula is C23H27NO2S. The van der Waals surface area contributed by atoms with Gasteiger partial charge in [-0.15, -0.1) is 0 Å². The Morgan fingerprint density at radius 2 is 2.15 bits per heavy atom. The molecule has 1 atom stereocenters. The van der Waals surface area contributed by atoms with Crippen molar-refractivity contribution in [2.75, 3.05) is 27.2 Å². The lowest BCUT2D eigenvalue weighted by molar-refractivity contribution is -0.110. The van der Waals surface area contributed by atoms with Crippen molar-refractivity contribution in [1.29, 1.82) is 0 Å². The minimum Gasteiger partial charge on any atom is -0.496 e. The first-order valence-corrected chi connectivity index (χ1v) is 10.6. The number of benzene rings is 2. The van der Waals surface area contributed by atoms with Gasteiger partial charge < -0.3 is 9.64 Å². The van der Waals surface area contributed by atoms with E-state index in [0.717, 1.165) is 36.6 Å². The number of rotatable bonds is 6. The highest BCUT2D eigenvalue weighted by Gasteiger charge is 2.24. The van der Waals surface area contributed by atoms with Gasteiger partial charge in [0.2, 0.25) is 0 Å². The van der Waals surface area contributed by atoms with Crippen LogP contribution in [0.2, 0.25) is 0 Å². The van der Waals surface area contributed by atoms with Gasteiger partial charge in [0.05, 0.1) is 7.11 Å². The second-order valence-electron chi connectivity index (χ2n) is 7.72. The van der Waals surface area contributed by atoms with Gasteiger partial charge in [-0.05, 0) is 73.0 Å². The molecule has 1 aliphatic heterocycles. The molecule has 0 saturated carbocycles. The number of ether oxygens (including phenoxy) is 1. The number of fused-ring (bicyclic) bond motifs is 2. The third kappa shape index (κ3) is 4.07. The summed E-state index contributed by atoms with van der Waals surface area (Å²) < 4.78 is 5.58. The molecule has 0 radical (unpaired) electrons. The summed E-state index contributed by atoms with van der Waals surface area (Å²) in [6.45, 7) is 2.12. The Morgan fingerprint density at radius 3 is 3.00 bits per heavy atom. The SMILES string of the molecule is COc1cccc2c1CCCC2CN(C)CCc1ccc2c(c1)SC(=O)C2. The highest BCUT2D eigenvalue weighted by atomic mass is 32.2. The third-order valence-corrected chi connectivity index (χ3v) is 6.78. The first-order chi connectivity index (χ1) is 13.1. The average molecular weight is 382 g/mol. The topological polar surface area (TPSA) is 29.5 Å². The number of hydrogen-bond acceptors (Lipinski definition) is 4. The first-order valence-electron chi connectivity index (χ1n) is 9.81. The summed E-state index contributed by atoms with van der Waals surface area (Å²) in [5.41, 5.74) is 5.40. The molecule has 0 saturated heterocycles. The Hall–Kier alpha value is -1.78. The van der Waals surface area contributed by atoms with Crippen LogP contribution in [0.3, 0.4) is 0 Å². The van der Waals surface area contributed by atoms with Crippen molar-refractivity contribution in [1.82, 2.24) is 4.90 Å². The molecular weight excluding hydrogens is 354 g/mol. The van der Waals surface area contributed by atoms with E-state index < -0.39 is 0 Å². The van der Waals surface area contributed by atoms with Crippen molar-refractivity contribution in [3.8, 4) is 5.75 Å². The fraction of sp³-hybridized carbons (Fsp3) is 0.435. The number of hydrogen-bond donors (Lipinski definition) is 0. The monoisotopic (exact) mass is 381 g/mol. The van der Waals surface area contributed by atoms with Crippen molar-refractivity contribution in [3.63, 3.8) is 0 Å². The van der Waals surface area contributed by atoms with E-state index in [9.17, 15) is 4.79 Å². The minimum atomic E-state index is 0.269. The first kappa shape index (κ1) is 18.6. The number of carbonyl (C=O) groups is 1. The van der Waals surface area contributed by atoms with Crippen LogP contribution in [-0.4, -0.2) is 37.3 Å². The third-order valence-electron chi connectivity index (χ3n) is 5.81. The molecule has 0 aromatic heterocycles. The van der Waals surface area contributed by atoms with E-state index in [1.807, 2.05) is 0 Å². The molecule has 0 N–H and O–H groups in total. The van der Waals surface area contributed by atoms with Crippen LogP contribution in [0.15, 0.2) is 41.3 Å². The van der Waals surface area contributed by atoms with Gasteiger partial charge in [0.1, 0.15) is 5.75 Å². The van der Waals surface area contributed by atoms with Crippen molar-refractivity contribution >= 4 is 16.9 Å². The lowest BCUT2D eigenvalue weighted by Crippen LogP contribution is -2.28. The standard InChI is InChI=1S/C23H27NO2S/c1-24(12-11-16-9-10-17-14-23(25)27-22(17)13-16)15-18-5-3-7-20-19(18)6-4-8-21(20)26-2/h4,6,8-10,13,18H,3,5,7,11-12,14-15H2,1-2H3. The van der Waals surface area contributed by atoms with Crippen LogP contribution in [0, 0.1) is 0 Å². The predicted octanol–water partition coefficient (Wildman–Crippen LogP) is 4.46. The molecule has 4 heteroatoms. The quantitative estimate of drug-likeness (QED) is 0.739. The van der Waals surface area contributed by atoms with Gasteiger partial charge in [0.15, 0.2) is 5.12 Å². The average Bonchev–Trinajstić information content (AvgIpc) is 3.05. The summed E-state index contributed by atoms with van der Waals surface area (Å²) in [6, 6.07) is 13.0. The Labute approximate surface area is 166 Å². The molecule has 0 spiro atoms. The Bertz CT molecular complexity index is 848. The molecule has 1 heterocycles. The van der Waals surface area contributed by atoms with Crippen LogP contribution in [0.5, 0.6) is 5.75 Å². The van der Waals surface area contributed by atoms with Crippen LogP contribution < -0.4 is 4.74 Å². The van der Waals surface area contributed by atoms with Crippen molar-refractivity contribution < 1.29 is 9.53 Å². The Kier molecular flexibility index (Phi) is 5.55. The highest BCUT2D eigenvalue weighted by Crippen LogP contribution is 2.37. The molecule has 3 nitrogen and oxygen atoms in total. The lowest BCUT2D eigenvalue weighted by Gasteiger charge is -2.30. The molecule has 1 aliphatic carbocycles. The molecule has 2 aromatic carbocycles. The molecule has 142 valence electrons. The number of likely N-dealkylation sites (N-methyl/N-ethyl adjacent to an activating group) is 1. The molecule has 27 heavy (non-hydrogen) atoms. The molecule has 2 aromatic rings. The van der Waals surface area contributed by atoms with E-state index in [1.165, 1.54) is 46.9 Å². The van der Waals surface area contributed by atoms with E-state index in [0.29, 0.717) is 12.3 Å². The Morgan fingerprint density at radius 1 is 1.26 bits per heavy atom. The van der Waals surface area contributed by atoms with Gasteiger partial charge in [-0.3, -0.25) is 4.79 Å². The molecule has 2 aliphatic rings. The number of methoxy groups -OCH3 is 1. The van der Waals surface area contributed by atoms with Crippen LogP contribution in [0.25, 0.3) is 0 Å². The zero-order valence-electron chi connectivity index (χ0n) is 16.2. The second kappa shape index (κ2) is 8.07.